The Kier molecular flexibility index (Phi) is 3.42. The number of nitrogen functional groups attached to an aromatic ring is 1. The molecule has 1 aromatic heterocycles. The summed E-state index contributed by atoms with van der Waals surface area (Å²) < 4.78 is 12.4. The number of ether oxygens (including phenoxy) is 2. The van der Waals surface area contributed by atoms with Crippen LogP contribution in [0.25, 0.3) is 5.69 Å². The topological polar surface area (TPSA) is 75.2 Å². The molecule has 0 aliphatic heterocycles. The van der Waals surface area contributed by atoms with Crippen LogP contribution in [0.5, 0.6) is 17.5 Å². The number of methoxy groups -OCH3 is 1. The molecule has 0 saturated carbocycles. The van der Waals surface area contributed by atoms with Crippen LogP contribution >= 0.6 is 0 Å². The van der Waals surface area contributed by atoms with Gasteiger partial charge in [0.2, 0.25) is 0 Å². The van der Waals surface area contributed by atoms with Gasteiger partial charge in [0.15, 0.2) is 5.75 Å². The van der Waals surface area contributed by atoms with Crippen molar-refractivity contribution in [1.82, 2.24) is 14.8 Å². The van der Waals surface area contributed by atoms with Gasteiger partial charge in [-0.25, -0.2) is 4.68 Å². The summed E-state index contributed by atoms with van der Waals surface area (Å²) in [4.78, 5) is 4.12. The normalized spacial score (nSPS) is 10.3. The van der Waals surface area contributed by atoms with Crippen molar-refractivity contribution in [3.8, 4) is 23.2 Å². The third-order valence-electron chi connectivity index (χ3n) is 2.91. The Hall–Kier alpha value is -3.02. The number of rotatable bonds is 4. The monoisotopic (exact) mass is 282 g/mol. The van der Waals surface area contributed by atoms with Gasteiger partial charge in [-0.05, 0) is 24.3 Å². The molecule has 0 fully saturated rings. The average Bonchev–Trinajstić information content (AvgIpc) is 2.99. The minimum absolute atomic E-state index is 0.221. The van der Waals surface area contributed by atoms with E-state index in [4.69, 9.17) is 15.2 Å². The summed E-state index contributed by atoms with van der Waals surface area (Å²) in [5, 5.41) is 4.26. The van der Waals surface area contributed by atoms with E-state index >= 15 is 0 Å². The molecule has 0 unspecified atom stereocenters. The Morgan fingerprint density at radius 1 is 1.10 bits per heavy atom. The van der Waals surface area contributed by atoms with Gasteiger partial charge in [0.25, 0.3) is 0 Å². The van der Waals surface area contributed by atoms with Crippen molar-refractivity contribution in [3.05, 3.63) is 54.9 Å². The predicted octanol–water partition coefficient (Wildman–Crippen LogP) is 2.65. The zero-order chi connectivity index (χ0) is 14.7. The second-order valence-corrected chi connectivity index (χ2v) is 4.31. The van der Waals surface area contributed by atoms with Gasteiger partial charge in [0.1, 0.15) is 12.1 Å². The van der Waals surface area contributed by atoms with E-state index in [-0.39, 0.29) is 6.01 Å². The van der Waals surface area contributed by atoms with Crippen molar-refractivity contribution in [2.45, 2.75) is 0 Å². The summed E-state index contributed by atoms with van der Waals surface area (Å²) in [5.41, 5.74) is 7.26. The minimum Gasteiger partial charge on any atom is -0.497 e. The average molecular weight is 282 g/mol. The van der Waals surface area contributed by atoms with E-state index in [2.05, 4.69) is 10.1 Å². The standard InChI is InChI=1S/C15H14N4O2/c1-20-12-7-8-13(16)14(9-12)21-15-17-10-19(18-15)11-5-3-2-4-6-11/h2-10H,16H2,1H3. The van der Waals surface area contributed by atoms with Crippen LogP contribution in [0.4, 0.5) is 5.69 Å². The van der Waals surface area contributed by atoms with Gasteiger partial charge < -0.3 is 15.2 Å². The number of anilines is 1. The molecule has 0 amide bonds. The molecular weight excluding hydrogens is 268 g/mol. The maximum absolute atomic E-state index is 5.87. The number of nitrogens with zero attached hydrogens (tertiary/aromatic N) is 3. The first-order valence-corrected chi connectivity index (χ1v) is 6.35. The first-order chi connectivity index (χ1) is 10.3. The zero-order valence-corrected chi connectivity index (χ0v) is 11.4. The molecular formula is C15H14N4O2. The molecule has 0 atom stereocenters. The predicted molar refractivity (Wildman–Crippen MR) is 78.8 cm³/mol. The quantitative estimate of drug-likeness (QED) is 0.744. The van der Waals surface area contributed by atoms with Crippen LogP contribution in [0, 0.1) is 0 Å². The molecule has 0 saturated heterocycles. The minimum atomic E-state index is 0.221. The molecule has 6 nitrogen and oxygen atoms in total. The molecule has 2 aromatic carbocycles. The third-order valence-corrected chi connectivity index (χ3v) is 2.91. The lowest BCUT2D eigenvalue weighted by Crippen LogP contribution is -1.96. The Bertz CT molecular complexity index is 740. The molecule has 3 aromatic rings. The Balaban J connectivity index is 1.85. The zero-order valence-electron chi connectivity index (χ0n) is 11.4. The van der Waals surface area contributed by atoms with Crippen LogP contribution in [0.3, 0.4) is 0 Å². The van der Waals surface area contributed by atoms with Gasteiger partial charge in [-0.2, -0.15) is 4.98 Å². The second-order valence-electron chi connectivity index (χ2n) is 4.31. The fourth-order valence-electron chi connectivity index (χ4n) is 1.83. The van der Waals surface area contributed by atoms with Crippen LogP contribution in [0.1, 0.15) is 0 Å². The first kappa shape index (κ1) is 13.0. The van der Waals surface area contributed by atoms with E-state index in [1.165, 1.54) is 0 Å². The smallest absolute Gasteiger partial charge is 0.341 e. The Morgan fingerprint density at radius 3 is 2.67 bits per heavy atom. The molecule has 106 valence electrons. The molecule has 21 heavy (non-hydrogen) atoms. The number of para-hydroxylation sites is 1. The van der Waals surface area contributed by atoms with Gasteiger partial charge in [0.05, 0.1) is 18.5 Å². The van der Waals surface area contributed by atoms with E-state index in [1.807, 2.05) is 30.3 Å². The first-order valence-electron chi connectivity index (χ1n) is 6.35. The van der Waals surface area contributed by atoms with E-state index in [0.717, 1.165) is 5.69 Å². The molecule has 6 heteroatoms. The fraction of sp³-hybridized carbons (Fsp3) is 0.0667. The summed E-state index contributed by atoms with van der Waals surface area (Å²) >= 11 is 0. The van der Waals surface area contributed by atoms with Crippen molar-refractivity contribution in [1.29, 1.82) is 0 Å². The van der Waals surface area contributed by atoms with Crippen molar-refractivity contribution < 1.29 is 9.47 Å². The van der Waals surface area contributed by atoms with E-state index < -0.39 is 0 Å². The van der Waals surface area contributed by atoms with E-state index in [9.17, 15) is 0 Å². The van der Waals surface area contributed by atoms with Crippen molar-refractivity contribution in [3.63, 3.8) is 0 Å². The summed E-state index contributed by atoms with van der Waals surface area (Å²) in [6.45, 7) is 0. The van der Waals surface area contributed by atoms with Gasteiger partial charge in [-0.15, -0.1) is 5.10 Å². The Labute approximate surface area is 121 Å². The van der Waals surface area contributed by atoms with Crippen LogP contribution in [0.2, 0.25) is 0 Å². The number of benzene rings is 2. The summed E-state index contributed by atoms with van der Waals surface area (Å²) in [7, 11) is 1.58. The lowest BCUT2D eigenvalue weighted by atomic mass is 10.3. The van der Waals surface area contributed by atoms with Gasteiger partial charge in [0, 0.05) is 6.07 Å². The third kappa shape index (κ3) is 2.79. The van der Waals surface area contributed by atoms with E-state index in [0.29, 0.717) is 17.2 Å². The Morgan fingerprint density at radius 2 is 1.90 bits per heavy atom. The lowest BCUT2D eigenvalue weighted by molar-refractivity contribution is 0.405. The fourth-order valence-corrected chi connectivity index (χ4v) is 1.83. The second kappa shape index (κ2) is 5.54. The molecule has 1 heterocycles. The molecule has 2 N–H and O–H groups in total. The highest BCUT2D eigenvalue weighted by atomic mass is 16.5. The SMILES string of the molecule is COc1ccc(N)c(Oc2ncn(-c3ccccc3)n2)c1. The van der Waals surface area contributed by atoms with Crippen LogP contribution in [-0.4, -0.2) is 21.9 Å². The molecule has 0 aliphatic carbocycles. The highest BCUT2D eigenvalue weighted by Gasteiger charge is 2.08. The van der Waals surface area contributed by atoms with Crippen molar-refractivity contribution >= 4 is 5.69 Å². The summed E-state index contributed by atoms with van der Waals surface area (Å²) in [5.74, 6) is 1.11. The molecule has 0 bridgehead atoms. The van der Waals surface area contributed by atoms with Crippen LogP contribution < -0.4 is 15.2 Å². The van der Waals surface area contributed by atoms with E-state index in [1.54, 1.807) is 36.3 Å². The molecule has 0 aliphatic rings. The van der Waals surface area contributed by atoms with Crippen molar-refractivity contribution in [2.75, 3.05) is 12.8 Å². The van der Waals surface area contributed by atoms with Crippen LogP contribution in [-0.2, 0) is 0 Å². The summed E-state index contributed by atoms with van der Waals surface area (Å²) in [6, 6.07) is 15.0. The number of hydrogen-bond acceptors (Lipinski definition) is 5. The van der Waals surface area contributed by atoms with Gasteiger partial charge in [-0.3, -0.25) is 0 Å². The number of aromatic nitrogens is 3. The summed E-state index contributed by atoms with van der Waals surface area (Å²) in [6.07, 6.45) is 1.58. The van der Waals surface area contributed by atoms with Crippen LogP contribution in [0.15, 0.2) is 54.9 Å². The molecule has 0 radical (unpaired) electrons. The highest BCUT2D eigenvalue weighted by Crippen LogP contribution is 2.29. The maximum atomic E-state index is 5.87. The largest absolute Gasteiger partial charge is 0.497 e. The number of nitrogens with two attached hydrogens (primary N) is 1. The van der Waals surface area contributed by atoms with Gasteiger partial charge >= 0.3 is 6.01 Å². The van der Waals surface area contributed by atoms with Crippen molar-refractivity contribution in [2.24, 2.45) is 0 Å². The lowest BCUT2D eigenvalue weighted by Gasteiger charge is -2.07. The molecule has 0 spiro atoms. The maximum Gasteiger partial charge on any atom is 0.341 e. The van der Waals surface area contributed by atoms with Gasteiger partial charge in [-0.1, -0.05) is 18.2 Å². The number of hydrogen-bond donors (Lipinski definition) is 1. The highest BCUT2D eigenvalue weighted by molar-refractivity contribution is 5.56. The molecule has 3 rings (SSSR count).